The summed E-state index contributed by atoms with van der Waals surface area (Å²) in [5, 5.41) is 12.5. The maximum atomic E-state index is 5.23. The number of rotatable bonds is 5. The van der Waals surface area contributed by atoms with Crippen molar-refractivity contribution in [3.05, 3.63) is 83.9 Å². The number of methoxy groups -OCH3 is 1. The lowest BCUT2D eigenvalue weighted by atomic mass is 9.97. The van der Waals surface area contributed by atoms with Crippen LogP contribution < -0.4 is 4.74 Å². The summed E-state index contributed by atoms with van der Waals surface area (Å²) < 4.78 is 7.06. The second-order valence-corrected chi connectivity index (χ2v) is 6.42. The summed E-state index contributed by atoms with van der Waals surface area (Å²) in [6, 6.07) is 24.6. The first-order valence-electron chi connectivity index (χ1n) is 8.80. The highest BCUT2D eigenvalue weighted by Crippen LogP contribution is 2.31. The summed E-state index contributed by atoms with van der Waals surface area (Å²) in [6.07, 6.45) is 0. The maximum absolute atomic E-state index is 5.23. The molecule has 5 heteroatoms. The molecule has 0 aliphatic heterocycles. The van der Waals surface area contributed by atoms with E-state index in [1.807, 2.05) is 47.1 Å². The minimum absolute atomic E-state index is 0.592. The molecule has 0 bridgehead atoms. The summed E-state index contributed by atoms with van der Waals surface area (Å²) in [5.74, 6) is 1.59. The van der Waals surface area contributed by atoms with Gasteiger partial charge in [0.25, 0.3) is 0 Å². The first kappa shape index (κ1) is 17.0. The second kappa shape index (κ2) is 7.41. The van der Waals surface area contributed by atoms with Crippen molar-refractivity contribution in [1.29, 1.82) is 0 Å². The number of hydrogen-bond donors (Lipinski definition) is 0. The third kappa shape index (κ3) is 3.58. The van der Waals surface area contributed by atoms with Gasteiger partial charge in [0.1, 0.15) is 5.75 Å². The van der Waals surface area contributed by atoms with Crippen LogP contribution in [0.4, 0.5) is 0 Å². The minimum atomic E-state index is 0.592. The summed E-state index contributed by atoms with van der Waals surface area (Å²) >= 11 is 0. The first-order chi connectivity index (χ1) is 13.2. The smallest absolute Gasteiger partial charge is 0.182 e. The molecule has 1 aromatic heterocycles. The zero-order chi connectivity index (χ0) is 18.6. The van der Waals surface area contributed by atoms with Gasteiger partial charge in [0.05, 0.1) is 13.7 Å². The molecule has 0 atom stereocenters. The molecule has 0 aliphatic rings. The molecular weight excluding hydrogens is 336 g/mol. The first-order valence-corrected chi connectivity index (χ1v) is 8.80. The number of ether oxygens (including phenoxy) is 1. The van der Waals surface area contributed by atoms with Gasteiger partial charge in [-0.05, 0) is 52.2 Å². The number of aromatic nitrogens is 4. The molecule has 0 fully saturated rings. The lowest BCUT2D eigenvalue weighted by molar-refractivity contribution is 0.414. The molecule has 1 heterocycles. The molecule has 3 aromatic carbocycles. The van der Waals surface area contributed by atoms with Gasteiger partial charge >= 0.3 is 0 Å². The molecule has 0 amide bonds. The van der Waals surface area contributed by atoms with Crippen LogP contribution in [0.2, 0.25) is 0 Å². The number of benzene rings is 3. The molecule has 0 saturated heterocycles. The van der Waals surface area contributed by atoms with Crippen molar-refractivity contribution in [1.82, 2.24) is 20.2 Å². The van der Waals surface area contributed by atoms with Crippen LogP contribution in [-0.2, 0) is 6.54 Å². The zero-order valence-electron chi connectivity index (χ0n) is 15.3. The van der Waals surface area contributed by atoms with Crippen molar-refractivity contribution in [3.63, 3.8) is 0 Å². The summed E-state index contributed by atoms with van der Waals surface area (Å²) in [5.41, 5.74) is 5.57. The monoisotopic (exact) mass is 356 g/mol. The number of tetrazole rings is 1. The highest BCUT2D eigenvalue weighted by molar-refractivity contribution is 5.81. The Kier molecular flexibility index (Phi) is 4.66. The summed E-state index contributed by atoms with van der Waals surface area (Å²) in [7, 11) is 1.66. The van der Waals surface area contributed by atoms with Gasteiger partial charge < -0.3 is 4.74 Å². The fraction of sp³-hybridized carbons (Fsp3) is 0.136. The Morgan fingerprint density at radius 1 is 0.889 bits per heavy atom. The van der Waals surface area contributed by atoms with E-state index in [1.165, 1.54) is 5.56 Å². The molecule has 0 saturated carbocycles. The van der Waals surface area contributed by atoms with E-state index in [4.69, 9.17) is 4.74 Å². The lowest BCUT2D eigenvalue weighted by Crippen LogP contribution is -2.05. The minimum Gasteiger partial charge on any atom is -0.497 e. The number of nitrogens with zero attached hydrogens (tertiary/aromatic N) is 4. The number of aryl methyl sites for hydroxylation is 1. The lowest BCUT2D eigenvalue weighted by Gasteiger charge is -2.11. The van der Waals surface area contributed by atoms with Crippen molar-refractivity contribution < 1.29 is 4.74 Å². The Morgan fingerprint density at radius 3 is 2.41 bits per heavy atom. The van der Waals surface area contributed by atoms with Crippen LogP contribution in [0, 0.1) is 6.92 Å². The number of hydrogen-bond acceptors (Lipinski definition) is 4. The van der Waals surface area contributed by atoms with Gasteiger partial charge in [-0.2, -0.15) is 0 Å². The van der Waals surface area contributed by atoms with Crippen molar-refractivity contribution in [3.8, 4) is 28.3 Å². The van der Waals surface area contributed by atoms with E-state index in [2.05, 4.69) is 52.8 Å². The normalized spacial score (nSPS) is 10.7. The highest BCUT2D eigenvalue weighted by atomic mass is 16.5. The fourth-order valence-electron chi connectivity index (χ4n) is 3.12. The van der Waals surface area contributed by atoms with E-state index in [1.54, 1.807) is 7.11 Å². The SMILES string of the molecule is COc1ccc(Cn2nnnc2-c2cc(C)ccc2-c2ccccc2)cc1. The van der Waals surface area contributed by atoms with Gasteiger partial charge in [-0.25, -0.2) is 4.68 Å². The highest BCUT2D eigenvalue weighted by Gasteiger charge is 2.15. The van der Waals surface area contributed by atoms with Crippen LogP contribution in [0.25, 0.3) is 22.5 Å². The predicted octanol–water partition coefficient (Wildman–Crippen LogP) is 4.37. The molecule has 134 valence electrons. The average molecular weight is 356 g/mol. The quantitative estimate of drug-likeness (QED) is 0.533. The fourth-order valence-corrected chi connectivity index (χ4v) is 3.12. The average Bonchev–Trinajstić information content (AvgIpc) is 3.17. The standard InChI is InChI=1S/C22H20N4O/c1-16-8-13-20(18-6-4-3-5-7-18)21(14-16)22-23-24-25-26(22)15-17-9-11-19(27-2)12-10-17/h3-14H,15H2,1-2H3. The van der Waals surface area contributed by atoms with Crippen molar-refractivity contribution >= 4 is 0 Å². The van der Waals surface area contributed by atoms with E-state index >= 15 is 0 Å². The second-order valence-electron chi connectivity index (χ2n) is 6.42. The Balaban J connectivity index is 1.75. The predicted molar refractivity (Wildman–Crippen MR) is 106 cm³/mol. The van der Waals surface area contributed by atoms with E-state index in [-0.39, 0.29) is 0 Å². The zero-order valence-corrected chi connectivity index (χ0v) is 15.3. The molecule has 0 spiro atoms. The molecule has 0 aliphatic carbocycles. The maximum Gasteiger partial charge on any atom is 0.182 e. The van der Waals surface area contributed by atoms with Gasteiger partial charge in [0.15, 0.2) is 5.82 Å². The van der Waals surface area contributed by atoms with Crippen LogP contribution in [0.3, 0.4) is 0 Å². The van der Waals surface area contributed by atoms with Crippen LogP contribution >= 0.6 is 0 Å². The Hall–Kier alpha value is -3.47. The molecule has 0 unspecified atom stereocenters. The van der Waals surface area contributed by atoms with Gasteiger partial charge in [-0.15, -0.1) is 5.10 Å². The Morgan fingerprint density at radius 2 is 1.67 bits per heavy atom. The Labute approximate surface area is 158 Å². The molecule has 4 rings (SSSR count). The molecule has 0 N–H and O–H groups in total. The van der Waals surface area contributed by atoms with E-state index in [9.17, 15) is 0 Å². The van der Waals surface area contributed by atoms with Crippen LogP contribution in [-0.4, -0.2) is 27.3 Å². The summed E-state index contributed by atoms with van der Waals surface area (Å²) in [4.78, 5) is 0. The topological polar surface area (TPSA) is 52.8 Å². The van der Waals surface area contributed by atoms with E-state index < -0.39 is 0 Å². The van der Waals surface area contributed by atoms with E-state index in [0.29, 0.717) is 6.54 Å². The Bertz CT molecular complexity index is 1040. The largest absolute Gasteiger partial charge is 0.497 e. The van der Waals surface area contributed by atoms with Gasteiger partial charge in [-0.1, -0.05) is 60.2 Å². The molecule has 0 radical (unpaired) electrons. The van der Waals surface area contributed by atoms with Gasteiger partial charge in [0, 0.05) is 5.56 Å². The van der Waals surface area contributed by atoms with Crippen LogP contribution in [0.1, 0.15) is 11.1 Å². The molecule has 27 heavy (non-hydrogen) atoms. The van der Waals surface area contributed by atoms with Crippen molar-refractivity contribution in [2.75, 3.05) is 7.11 Å². The van der Waals surface area contributed by atoms with Crippen molar-refractivity contribution in [2.24, 2.45) is 0 Å². The van der Waals surface area contributed by atoms with Crippen LogP contribution in [0.15, 0.2) is 72.8 Å². The van der Waals surface area contributed by atoms with Crippen LogP contribution in [0.5, 0.6) is 5.75 Å². The van der Waals surface area contributed by atoms with Gasteiger partial charge in [-0.3, -0.25) is 0 Å². The third-order valence-corrected chi connectivity index (χ3v) is 4.52. The van der Waals surface area contributed by atoms with E-state index in [0.717, 1.165) is 33.8 Å². The van der Waals surface area contributed by atoms with Crippen molar-refractivity contribution in [2.45, 2.75) is 13.5 Å². The van der Waals surface area contributed by atoms with Gasteiger partial charge in [0.2, 0.25) is 0 Å². The molecule has 4 aromatic rings. The molecule has 5 nitrogen and oxygen atoms in total. The summed E-state index contributed by atoms with van der Waals surface area (Å²) in [6.45, 7) is 2.67. The third-order valence-electron chi connectivity index (χ3n) is 4.52. The molecular formula is C22H20N4O.